The van der Waals surface area contributed by atoms with Crippen LogP contribution in [0.15, 0.2) is 100 Å². The predicted octanol–water partition coefficient (Wildman–Crippen LogP) is 8.72. The fraction of sp³-hybridized carbons (Fsp3) is 0.487. The number of hydrogen-bond acceptors (Lipinski definition) is 6. The number of aliphatic hydroxyl groups is 1. The highest BCUT2D eigenvalue weighted by Crippen LogP contribution is 2.46. The number of unbranched alkanes of at least 4 members (excludes halogenated alkanes) is 2. The molecule has 6 heteroatoms. The second-order valence-electron chi connectivity index (χ2n) is 12.7. The van der Waals surface area contributed by atoms with Crippen molar-refractivity contribution in [2.24, 2.45) is 5.41 Å². The minimum Gasteiger partial charge on any atom is -0.462 e. The fourth-order valence-electron chi connectivity index (χ4n) is 5.06. The van der Waals surface area contributed by atoms with Gasteiger partial charge in [0.15, 0.2) is 5.78 Å². The average molecular weight is 619 g/mol. The Labute approximate surface area is 271 Å². The number of hydrogen-bond donors (Lipinski definition) is 1. The lowest BCUT2D eigenvalue weighted by atomic mass is 9.65. The van der Waals surface area contributed by atoms with E-state index in [1.54, 1.807) is 32.9 Å². The van der Waals surface area contributed by atoms with Gasteiger partial charge in [0.05, 0.1) is 5.60 Å². The summed E-state index contributed by atoms with van der Waals surface area (Å²) in [6.07, 6.45) is 24.7. The van der Waals surface area contributed by atoms with Gasteiger partial charge in [-0.2, -0.15) is 0 Å². The van der Waals surface area contributed by atoms with Crippen molar-refractivity contribution in [3.8, 4) is 0 Å². The summed E-state index contributed by atoms with van der Waals surface area (Å²) in [7, 11) is 0. The lowest BCUT2D eigenvalue weighted by Gasteiger charge is -2.44. The lowest BCUT2D eigenvalue weighted by molar-refractivity contribution is -0.152. The first kappa shape index (κ1) is 39.3. The summed E-state index contributed by atoms with van der Waals surface area (Å²) in [5, 5.41) is 11.3. The number of ketones is 1. The van der Waals surface area contributed by atoms with E-state index in [4.69, 9.17) is 9.47 Å². The SMILES string of the molecule is CCCCCC(=O)OCC(C=C=C1C(C)(C)CC(OC(C)=O)CC1(C)O)=C/C=C/C(C)=C/C=C/C=C(C)/C=C/C=C(\C)C(C)=O. The third-order valence-electron chi connectivity index (χ3n) is 7.46. The van der Waals surface area contributed by atoms with E-state index in [1.807, 2.05) is 82.4 Å². The Hall–Kier alpha value is -3.73. The highest BCUT2D eigenvalue weighted by molar-refractivity contribution is 5.92. The van der Waals surface area contributed by atoms with Gasteiger partial charge in [-0.25, -0.2) is 0 Å². The topological polar surface area (TPSA) is 89.9 Å². The van der Waals surface area contributed by atoms with Crippen LogP contribution in [0.25, 0.3) is 0 Å². The van der Waals surface area contributed by atoms with Crippen molar-refractivity contribution in [1.29, 1.82) is 0 Å². The molecule has 6 nitrogen and oxygen atoms in total. The van der Waals surface area contributed by atoms with Gasteiger partial charge in [-0.05, 0) is 70.1 Å². The summed E-state index contributed by atoms with van der Waals surface area (Å²) < 4.78 is 11.0. The Balaban J connectivity index is 3.18. The highest BCUT2D eigenvalue weighted by Gasteiger charge is 2.46. The monoisotopic (exact) mass is 618 g/mol. The highest BCUT2D eigenvalue weighted by atomic mass is 16.5. The molecule has 0 saturated heterocycles. The Morgan fingerprint density at radius 1 is 0.867 bits per heavy atom. The average Bonchev–Trinajstić information content (AvgIpc) is 2.92. The molecular formula is C39H54O6. The first-order chi connectivity index (χ1) is 21.1. The number of carbonyl (C=O) groups excluding carboxylic acids is 3. The Morgan fingerprint density at radius 3 is 2.00 bits per heavy atom. The minimum absolute atomic E-state index is 0.0605. The molecule has 0 radical (unpaired) electrons. The number of Topliss-reactive ketones (excluding diaryl/α,β-unsaturated/α-hetero) is 1. The summed E-state index contributed by atoms with van der Waals surface area (Å²) in [5.41, 5.74) is 5.89. The maximum absolute atomic E-state index is 12.3. The molecule has 1 saturated carbocycles. The van der Waals surface area contributed by atoms with Crippen LogP contribution in [-0.4, -0.2) is 41.1 Å². The van der Waals surface area contributed by atoms with Crippen molar-refractivity contribution in [2.75, 3.05) is 6.61 Å². The van der Waals surface area contributed by atoms with Gasteiger partial charge in [-0.1, -0.05) is 106 Å². The third-order valence-corrected chi connectivity index (χ3v) is 7.46. The van der Waals surface area contributed by atoms with Crippen LogP contribution in [-0.2, 0) is 23.9 Å². The Morgan fingerprint density at radius 2 is 1.47 bits per heavy atom. The molecule has 0 spiro atoms. The van der Waals surface area contributed by atoms with Gasteiger partial charge < -0.3 is 14.6 Å². The van der Waals surface area contributed by atoms with Crippen molar-refractivity contribution in [2.45, 2.75) is 113 Å². The normalized spacial score (nSPS) is 21.4. The van der Waals surface area contributed by atoms with Crippen LogP contribution >= 0.6 is 0 Å². The van der Waals surface area contributed by atoms with E-state index in [0.29, 0.717) is 24.0 Å². The lowest BCUT2D eigenvalue weighted by Crippen LogP contribution is -2.46. The van der Waals surface area contributed by atoms with E-state index in [1.165, 1.54) is 6.92 Å². The number of rotatable bonds is 15. The van der Waals surface area contributed by atoms with Crippen LogP contribution in [0.2, 0.25) is 0 Å². The third kappa shape index (κ3) is 16.2. The second kappa shape index (κ2) is 19.6. The Kier molecular flexibility index (Phi) is 17.1. The Bertz CT molecular complexity index is 1300. The number of carbonyl (C=O) groups is 3. The van der Waals surface area contributed by atoms with Crippen LogP contribution in [0.4, 0.5) is 0 Å². The van der Waals surface area contributed by atoms with Crippen molar-refractivity contribution in [3.05, 3.63) is 100 Å². The second-order valence-corrected chi connectivity index (χ2v) is 12.7. The summed E-state index contributed by atoms with van der Waals surface area (Å²) in [4.78, 5) is 35.2. The maximum atomic E-state index is 12.3. The number of allylic oxidation sites excluding steroid dienone is 13. The molecule has 0 aliphatic heterocycles. The molecule has 2 unspecified atom stereocenters. The van der Waals surface area contributed by atoms with Gasteiger partial charge in [0, 0.05) is 25.3 Å². The molecule has 246 valence electrons. The smallest absolute Gasteiger partial charge is 0.306 e. The molecule has 0 bridgehead atoms. The van der Waals surface area contributed by atoms with Crippen LogP contribution in [0.3, 0.4) is 0 Å². The van der Waals surface area contributed by atoms with Gasteiger partial charge >= 0.3 is 11.9 Å². The van der Waals surface area contributed by atoms with E-state index in [2.05, 4.69) is 12.7 Å². The molecule has 0 aromatic rings. The molecule has 45 heavy (non-hydrogen) atoms. The zero-order valence-electron chi connectivity index (χ0n) is 28.9. The zero-order chi connectivity index (χ0) is 34.0. The molecule has 1 aliphatic rings. The molecule has 1 fully saturated rings. The quantitative estimate of drug-likeness (QED) is 0.0649. The molecule has 1 aliphatic carbocycles. The van der Waals surface area contributed by atoms with Gasteiger partial charge in [0.25, 0.3) is 0 Å². The summed E-state index contributed by atoms with van der Waals surface area (Å²) in [6.45, 7) is 16.6. The van der Waals surface area contributed by atoms with Crippen molar-refractivity contribution in [1.82, 2.24) is 0 Å². The molecule has 2 atom stereocenters. The van der Waals surface area contributed by atoms with Gasteiger partial charge in [0.2, 0.25) is 0 Å². The fourth-order valence-corrected chi connectivity index (χ4v) is 5.06. The molecular weight excluding hydrogens is 564 g/mol. The molecule has 1 N–H and O–H groups in total. The zero-order valence-corrected chi connectivity index (χ0v) is 28.9. The summed E-state index contributed by atoms with van der Waals surface area (Å²) >= 11 is 0. The molecule has 0 amide bonds. The van der Waals surface area contributed by atoms with Crippen LogP contribution in [0, 0.1) is 5.41 Å². The molecule has 1 rings (SSSR count). The first-order valence-electron chi connectivity index (χ1n) is 15.8. The summed E-state index contributed by atoms with van der Waals surface area (Å²) in [5.74, 6) is -0.538. The number of ether oxygens (including phenoxy) is 2. The summed E-state index contributed by atoms with van der Waals surface area (Å²) in [6, 6.07) is 0. The van der Waals surface area contributed by atoms with E-state index in [0.717, 1.165) is 36.0 Å². The standard InChI is InChI=1S/C39H54O6/c1-10-11-12-23-37(42)44-28-34(24-25-36-38(7,8)26-35(45-33(6)41)27-39(36,9)43)22-16-20-30(3)18-14-13-17-29(2)19-15-21-31(4)32(5)40/h13-22,24,35,43H,10-12,23,26-28H2,1-9H3/b14-13+,19-15+,20-16+,29-17+,30-18+,31-21+,34-22?. The molecule has 0 heterocycles. The van der Waals surface area contributed by atoms with E-state index in [-0.39, 0.29) is 36.9 Å². The first-order valence-corrected chi connectivity index (χ1v) is 15.8. The van der Waals surface area contributed by atoms with Crippen molar-refractivity contribution >= 4 is 17.7 Å². The maximum Gasteiger partial charge on any atom is 0.306 e. The van der Waals surface area contributed by atoms with Crippen LogP contribution in [0.1, 0.15) is 101 Å². The minimum atomic E-state index is -1.21. The van der Waals surface area contributed by atoms with Gasteiger partial charge in [-0.15, -0.1) is 5.73 Å². The van der Waals surface area contributed by atoms with Gasteiger partial charge in [0.1, 0.15) is 12.7 Å². The van der Waals surface area contributed by atoms with E-state index < -0.39 is 11.0 Å². The van der Waals surface area contributed by atoms with Crippen molar-refractivity contribution < 1.29 is 29.0 Å². The van der Waals surface area contributed by atoms with Crippen molar-refractivity contribution in [3.63, 3.8) is 0 Å². The predicted molar refractivity (Wildman–Crippen MR) is 183 cm³/mol. The van der Waals surface area contributed by atoms with Gasteiger partial charge in [-0.3, -0.25) is 14.4 Å². The number of esters is 2. The van der Waals surface area contributed by atoms with E-state index in [9.17, 15) is 19.5 Å². The molecule has 0 aromatic heterocycles. The van der Waals surface area contributed by atoms with Crippen LogP contribution < -0.4 is 0 Å². The largest absolute Gasteiger partial charge is 0.462 e. The van der Waals surface area contributed by atoms with Crippen LogP contribution in [0.5, 0.6) is 0 Å². The van der Waals surface area contributed by atoms with E-state index >= 15 is 0 Å². The molecule has 0 aromatic carbocycles.